The topological polar surface area (TPSA) is 44.1 Å². The minimum Gasteiger partial charge on any atom is -0.668 e. The van der Waals surface area contributed by atoms with E-state index in [-0.39, 0.29) is 43.8 Å². The SMILES string of the molecule is CC.CN1CCN(C(C)(C)C)C2(CCN(O)CC2)C1.C[N-]C.[Y]. The van der Waals surface area contributed by atoms with Gasteiger partial charge in [-0.1, -0.05) is 13.8 Å². The van der Waals surface area contributed by atoms with Gasteiger partial charge in [0.25, 0.3) is 0 Å². The molecule has 1 radical (unpaired) electrons. The maximum absolute atomic E-state index is 9.58. The van der Waals surface area contributed by atoms with E-state index in [0.717, 1.165) is 45.6 Å². The summed E-state index contributed by atoms with van der Waals surface area (Å²) in [6, 6.07) is 0. The number of hydroxylamine groups is 2. The van der Waals surface area contributed by atoms with E-state index in [0.29, 0.717) is 0 Å². The third-order valence-corrected chi connectivity index (χ3v) is 4.32. The first-order valence-electron chi connectivity index (χ1n) is 8.63. The normalized spacial score (nSPS) is 22.3. The van der Waals surface area contributed by atoms with Crippen molar-refractivity contribution in [2.75, 3.05) is 53.9 Å². The van der Waals surface area contributed by atoms with Gasteiger partial charge in [-0.05, 0) is 40.7 Å². The molecule has 0 aromatic carbocycles. The van der Waals surface area contributed by atoms with Gasteiger partial charge in [0.15, 0.2) is 0 Å². The van der Waals surface area contributed by atoms with Crippen LogP contribution in [-0.4, -0.2) is 85.0 Å². The zero-order valence-electron chi connectivity index (χ0n) is 16.8. The Hall–Kier alpha value is 0.904. The van der Waals surface area contributed by atoms with Crippen LogP contribution in [0.2, 0.25) is 0 Å². The van der Waals surface area contributed by atoms with Gasteiger partial charge in [-0.3, -0.25) is 4.90 Å². The molecule has 2 aliphatic heterocycles. The Balaban J connectivity index is 0. The van der Waals surface area contributed by atoms with Crippen LogP contribution in [0.4, 0.5) is 0 Å². The molecule has 0 saturated carbocycles. The Morgan fingerprint density at radius 2 is 1.39 bits per heavy atom. The van der Waals surface area contributed by atoms with Crippen LogP contribution in [0.1, 0.15) is 47.5 Å². The van der Waals surface area contributed by atoms with Gasteiger partial charge in [0.2, 0.25) is 0 Å². The summed E-state index contributed by atoms with van der Waals surface area (Å²) in [6.45, 7) is 16.0. The third-order valence-electron chi connectivity index (χ3n) is 4.32. The van der Waals surface area contributed by atoms with Gasteiger partial charge in [-0.15, -0.1) is 0 Å². The molecule has 0 amide bonds. The first-order valence-corrected chi connectivity index (χ1v) is 8.63. The summed E-state index contributed by atoms with van der Waals surface area (Å²) in [7, 11) is 5.72. The number of piperazine rings is 1. The molecule has 5 nitrogen and oxygen atoms in total. The van der Waals surface area contributed by atoms with Crippen molar-refractivity contribution in [1.82, 2.24) is 14.9 Å². The molecular formula is C17H39N4OY-. The Morgan fingerprint density at radius 3 is 1.78 bits per heavy atom. The van der Waals surface area contributed by atoms with Crippen molar-refractivity contribution >= 4 is 0 Å². The second kappa shape index (κ2) is 12.3. The van der Waals surface area contributed by atoms with Crippen molar-refractivity contribution in [3.05, 3.63) is 5.32 Å². The molecule has 1 N–H and O–H groups in total. The molecule has 0 unspecified atom stereocenters. The van der Waals surface area contributed by atoms with Crippen LogP contribution in [0.5, 0.6) is 0 Å². The van der Waals surface area contributed by atoms with Gasteiger partial charge in [0.1, 0.15) is 0 Å². The maximum Gasteiger partial charge on any atom is 0.0368 e. The molecule has 0 aliphatic carbocycles. The van der Waals surface area contributed by atoms with Gasteiger partial charge < -0.3 is 15.4 Å². The average Bonchev–Trinajstić information content (AvgIpc) is 2.44. The fourth-order valence-corrected chi connectivity index (χ4v) is 3.56. The zero-order chi connectivity index (χ0) is 17.4. The largest absolute Gasteiger partial charge is 0.668 e. The van der Waals surface area contributed by atoms with Crippen LogP contribution in [0.25, 0.3) is 5.32 Å². The van der Waals surface area contributed by atoms with E-state index < -0.39 is 0 Å². The van der Waals surface area contributed by atoms with Crippen molar-refractivity contribution in [2.45, 2.75) is 58.5 Å². The summed E-state index contributed by atoms with van der Waals surface area (Å²) in [5.74, 6) is 0. The standard InChI is InChI=1S/C13H27N3O.C2H6N.C2H6.Y/c1-12(2,3)16-10-9-14(4)11-13(16)5-7-15(17)8-6-13;1-3-2;1-2;/h17H,5-11H2,1-4H3;1-2H3;1-2H3;/q;-1;;. The van der Waals surface area contributed by atoms with E-state index in [9.17, 15) is 5.21 Å². The summed E-state index contributed by atoms with van der Waals surface area (Å²) in [5, 5.41) is 14.6. The van der Waals surface area contributed by atoms with Crippen molar-refractivity contribution in [2.24, 2.45) is 0 Å². The number of nitrogens with zero attached hydrogens (tertiary/aromatic N) is 4. The monoisotopic (exact) mass is 404 g/mol. The van der Waals surface area contributed by atoms with Crippen LogP contribution in [0, 0.1) is 0 Å². The maximum atomic E-state index is 9.58. The van der Waals surface area contributed by atoms with E-state index in [1.807, 2.05) is 13.8 Å². The molecule has 6 heteroatoms. The minimum atomic E-state index is 0. The predicted molar refractivity (Wildman–Crippen MR) is 95.8 cm³/mol. The Labute approximate surface area is 170 Å². The molecule has 137 valence electrons. The second-order valence-corrected chi connectivity index (χ2v) is 7.19. The van der Waals surface area contributed by atoms with Crippen LogP contribution in [0.15, 0.2) is 0 Å². The van der Waals surface area contributed by atoms with Crippen LogP contribution in [0.3, 0.4) is 0 Å². The van der Waals surface area contributed by atoms with Crippen LogP contribution in [-0.2, 0) is 32.7 Å². The summed E-state index contributed by atoms with van der Waals surface area (Å²) in [5.41, 5.74) is 0.489. The van der Waals surface area contributed by atoms with E-state index in [1.165, 1.54) is 5.06 Å². The smallest absolute Gasteiger partial charge is 0.0368 e. The first kappa shape index (κ1) is 26.1. The van der Waals surface area contributed by atoms with E-state index in [4.69, 9.17) is 0 Å². The fraction of sp³-hybridized carbons (Fsp3) is 1.00. The minimum absolute atomic E-state index is 0. The van der Waals surface area contributed by atoms with E-state index in [2.05, 4.69) is 42.9 Å². The van der Waals surface area contributed by atoms with Gasteiger partial charge in [0.05, 0.1) is 0 Å². The number of piperidine rings is 1. The van der Waals surface area contributed by atoms with Crippen molar-refractivity contribution in [3.63, 3.8) is 0 Å². The second-order valence-electron chi connectivity index (χ2n) is 7.19. The number of rotatable bonds is 0. The molecule has 2 fully saturated rings. The quantitative estimate of drug-likeness (QED) is 0.674. The number of hydrogen-bond donors (Lipinski definition) is 1. The summed E-state index contributed by atoms with van der Waals surface area (Å²) in [4.78, 5) is 5.11. The average molecular weight is 404 g/mol. The molecule has 2 saturated heterocycles. The van der Waals surface area contributed by atoms with Gasteiger partial charge in [-0.2, -0.15) is 19.2 Å². The molecule has 23 heavy (non-hydrogen) atoms. The van der Waals surface area contributed by atoms with Crippen LogP contribution >= 0.6 is 0 Å². The molecule has 0 aromatic rings. The molecule has 2 heterocycles. The molecule has 1 spiro atoms. The summed E-state index contributed by atoms with van der Waals surface area (Å²) >= 11 is 0. The Morgan fingerprint density at radius 1 is 0.957 bits per heavy atom. The number of likely N-dealkylation sites (N-methyl/N-ethyl adjacent to an activating group) is 1. The molecule has 2 rings (SSSR count). The van der Waals surface area contributed by atoms with Gasteiger partial charge in [-0.25, -0.2) is 0 Å². The van der Waals surface area contributed by atoms with Gasteiger partial charge in [0, 0.05) is 76.5 Å². The summed E-state index contributed by atoms with van der Waals surface area (Å²) < 4.78 is 0. The van der Waals surface area contributed by atoms with Crippen molar-refractivity contribution in [1.29, 1.82) is 0 Å². The van der Waals surface area contributed by atoms with E-state index >= 15 is 0 Å². The number of hydrogen-bond acceptors (Lipinski definition) is 4. The molecule has 0 aromatic heterocycles. The Kier molecular flexibility index (Phi) is 14.0. The zero-order valence-corrected chi connectivity index (χ0v) is 19.6. The molecular weight excluding hydrogens is 365 g/mol. The summed E-state index contributed by atoms with van der Waals surface area (Å²) in [6.07, 6.45) is 2.15. The fourth-order valence-electron chi connectivity index (χ4n) is 3.56. The Bertz CT molecular complexity index is 289. The third kappa shape index (κ3) is 8.22. The first-order chi connectivity index (χ1) is 10.2. The van der Waals surface area contributed by atoms with E-state index in [1.54, 1.807) is 14.1 Å². The van der Waals surface area contributed by atoms with Gasteiger partial charge >= 0.3 is 0 Å². The van der Waals surface area contributed by atoms with Crippen LogP contribution < -0.4 is 0 Å². The molecule has 2 aliphatic rings. The molecule has 0 atom stereocenters. The van der Waals surface area contributed by atoms with Crippen molar-refractivity contribution < 1.29 is 37.9 Å². The van der Waals surface area contributed by atoms with Crippen molar-refractivity contribution in [3.8, 4) is 0 Å². The predicted octanol–water partition coefficient (Wildman–Crippen LogP) is 2.90. The molecule has 0 bridgehead atoms.